The van der Waals surface area contributed by atoms with Crippen LogP contribution in [0.5, 0.6) is 0 Å². The number of anilines is 5. The maximum atomic E-state index is 12.6. The Bertz CT molecular complexity index is 892. The summed E-state index contributed by atoms with van der Waals surface area (Å²) in [6, 6.07) is 18.0. The van der Waals surface area contributed by atoms with Crippen LogP contribution in [0.2, 0.25) is 0 Å². The highest BCUT2D eigenvalue weighted by Gasteiger charge is 2.13. The molecule has 1 heterocycles. The molecule has 0 aliphatic heterocycles. The van der Waals surface area contributed by atoms with Crippen molar-refractivity contribution < 1.29 is 4.79 Å². The Morgan fingerprint density at radius 2 is 1.52 bits per heavy atom. The van der Waals surface area contributed by atoms with Gasteiger partial charge < -0.3 is 21.1 Å². The summed E-state index contributed by atoms with van der Waals surface area (Å²) in [5.74, 6) is 11.8. The molecule has 0 bridgehead atoms. The van der Waals surface area contributed by atoms with E-state index in [1.165, 1.54) is 0 Å². The van der Waals surface area contributed by atoms with Crippen LogP contribution in [0.15, 0.2) is 60.7 Å². The molecular formula is C18H20N8O. The highest BCUT2D eigenvalue weighted by molar-refractivity contribution is 6.05. The highest BCUT2D eigenvalue weighted by Crippen LogP contribution is 2.20. The number of hydrogen-bond acceptors (Lipinski definition) is 8. The van der Waals surface area contributed by atoms with Crippen molar-refractivity contribution in [3.05, 3.63) is 66.2 Å². The summed E-state index contributed by atoms with van der Waals surface area (Å²) < 4.78 is 0. The van der Waals surface area contributed by atoms with Crippen LogP contribution in [0, 0.1) is 0 Å². The van der Waals surface area contributed by atoms with Crippen molar-refractivity contribution in [1.29, 1.82) is 0 Å². The Morgan fingerprint density at radius 1 is 0.926 bits per heavy atom. The Kier molecular flexibility index (Phi) is 5.45. The van der Waals surface area contributed by atoms with Crippen molar-refractivity contribution in [1.82, 2.24) is 9.97 Å². The maximum absolute atomic E-state index is 12.6. The molecular weight excluding hydrogens is 344 g/mol. The van der Waals surface area contributed by atoms with Crippen LogP contribution in [-0.4, -0.2) is 22.9 Å². The number of nitrogens with zero attached hydrogens (tertiary/aromatic N) is 3. The summed E-state index contributed by atoms with van der Waals surface area (Å²) in [6.45, 7) is 0. The zero-order chi connectivity index (χ0) is 19.2. The molecule has 0 fully saturated rings. The van der Waals surface area contributed by atoms with Gasteiger partial charge >= 0.3 is 0 Å². The van der Waals surface area contributed by atoms with Gasteiger partial charge in [-0.1, -0.05) is 18.2 Å². The molecule has 7 N–H and O–H groups in total. The molecule has 138 valence electrons. The molecule has 0 atom stereocenters. The van der Waals surface area contributed by atoms with E-state index in [0.29, 0.717) is 28.8 Å². The van der Waals surface area contributed by atoms with Crippen molar-refractivity contribution in [2.24, 2.45) is 11.7 Å². The van der Waals surface area contributed by atoms with E-state index in [0.717, 1.165) is 5.69 Å². The topological polar surface area (TPSA) is 134 Å². The number of nitrogen functional groups attached to an aromatic ring is 2. The van der Waals surface area contributed by atoms with Crippen LogP contribution >= 0.6 is 0 Å². The van der Waals surface area contributed by atoms with Crippen molar-refractivity contribution in [2.45, 2.75) is 0 Å². The number of benzene rings is 2. The first-order valence-electron chi connectivity index (χ1n) is 8.13. The zero-order valence-electron chi connectivity index (χ0n) is 14.7. The minimum atomic E-state index is -0.104. The van der Waals surface area contributed by atoms with E-state index in [-0.39, 0.29) is 5.91 Å². The van der Waals surface area contributed by atoms with Crippen LogP contribution < -0.4 is 32.8 Å². The van der Waals surface area contributed by atoms with E-state index in [9.17, 15) is 4.79 Å². The van der Waals surface area contributed by atoms with Gasteiger partial charge in [0.2, 0.25) is 5.95 Å². The van der Waals surface area contributed by atoms with Crippen molar-refractivity contribution >= 4 is 34.9 Å². The number of hydrazine groups is 2. The van der Waals surface area contributed by atoms with Gasteiger partial charge in [-0.05, 0) is 36.4 Å². The van der Waals surface area contributed by atoms with Crippen molar-refractivity contribution in [3.63, 3.8) is 0 Å². The van der Waals surface area contributed by atoms with E-state index in [4.69, 9.17) is 11.7 Å². The van der Waals surface area contributed by atoms with Crippen LogP contribution in [0.25, 0.3) is 0 Å². The molecule has 0 saturated heterocycles. The molecule has 2 aromatic carbocycles. The Balaban J connectivity index is 1.75. The fourth-order valence-electron chi connectivity index (χ4n) is 2.44. The lowest BCUT2D eigenvalue weighted by molar-refractivity contribution is 0.0993. The number of carbonyl (C=O) groups excluding carboxylic acids is 1. The first kappa shape index (κ1) is 18.1. The number of carbonyl (C=O) groups is 1. The second kappa shape index (κ2) is 8.13. The monoisotopic (exact) mass is 364 g/mol. The minimum absolute atomic E-state index is 0.104. The number of nitrogens with two attached hydrogens (primary N) is 2. The van der Waals surface area contributed by atoms with E-state index in [1.54, 1.807) is 42.3 Å². The summed E-state index contributed by atoms with van der Waals surface area (Å²) in [5, 5.41) is 3.04. The number of amides is 1. The maximum Gasteiger partial charge on any atom is 0.258 e. The van der Waals surface area contributed by atoms with Crippen LogP contribution in [0.3, 0.4) is 0 Å². The molecule has 0 unspecified atom stereocenters. The lowest BCUT2D eigenvalue weighted by atomic mass is 10.1. The summed E-state index contributed by atoms with van der Waals surface area (Å²) in [4.78, 5) is 22.6. The fourth-order valence-corrected chi connectivity index (χ4v) is 2.44. The summed E-state index contributed by atoms with van der Waals surface area (Å²) >= 11 is 0. The molecule has 0 aliphatic carbocycles. The third-order valence-corrected chi connectivity index (χ3v) is 3.86. The Hall–Kier alpha value is -3.69. The summed E-state index contributed by atoms with van der Waals surface area (Å²) in [5.41, 5.74) is 6.99. The summed E-state index contributed by atoms with van der Waals surface area (Å²) in [7, 11) is 1.74. The molecule has 3 aromatic rings. The number of aromatic nitrogens is 2. The molecule has 9 nitrogen and oxygen atoms in total. The van der Waals surface area contributed by atoms with Crippen molar-refractivity contribution in [2.75, 3.05) is 28.1 Å². The zero-order valence-corrected chi connectivity index (χ0v) is 14.7. The van der Waals surface area contributed by atoms with Gasteiger partial charge in [-0.25, -0.2) is 11.7 Å². The molecule has 27 heavy (non-hydrogen) atoms. The van der Waals surface area contributed by atoms with Crippen LogP contribution in [0.1, 0.15) is 10.4 Å². The summed E-state index contributed by atoms with van der Waals surface area (Å²) in [6.07, 6.45) is 0. The van der Waals surface area contributed by atoms with Crippen molar-refractivity contribution in [3.8, 4) is 0 Å². The highest BCUT2D eigenvalue weighted by atomic mass is 16.2. The smallest absolute Gasteiger partial charge is 0.258 e. The SMILES string of the molecule is CN(C(=O)c1ccc(Nc2nc(NN)cc(NN)n2)cc1)c1ccccc1. The lowest BCUT2D eigenvalue weighted by Crippen LogP contribution is -2.26. The van der Waals surface area contributed by atoms with E-state index >= 15 is 0 Å². The molecule has 0 aliphatic rings. The normalized spacial score (nSPS) is 10.2. The first-order chi connectivity index (χ1) is 13.1. The lowest BCUT2D eigenvalue weighted by Gasteiger charge is -2.17. The van der Waals surface area contributed by atoms with E-state index < -0.39 is 0 Å². The van der Waals surface area contributed by atoms with Gasteiger partial charge in [-0.15, -0.1) is 0 Å². The average Bonchev–Trinajstić information content (AvgIpc) is 2.73. The predicted molar refractivity (Wildman–Crippen MR) is 107 cm³/mol. The standard InChI is InChI=1S/C18H20N8O/c1-26(14-5-3-2-4-6-14)17(27)12-7-9-13(10-8-12)21-18-22-15(24-19)11-16(23-18)25-20/h2-11H,19-20H2,1H3,(H3,21,22,23,24,25). The van der Waals surface area contributed by atoms with Gasteiger partial charge in [0.25, 0.3) is 5.91 Å². The number of nitrogens with one attached hydrogen (secondary N) is 3. The number of rotatable bonds is 6. The second-order valence-corrected chi connectivity index (χ2v) is 5.65. The van der Waals surface area contributed by atoms with Gasteiger partial charge in [-0.3, -0.25) is 4.79 Å². The number of hydrogen-bond donors (Lipinski definition) is 5. The third kappa shape index (κ3) is 4.29. The van der Waals surface area contributed by atoms with Crippen LogP contribution in [-0.2, 0) is 0 Å². The van der Waals surface area contributed by atoms with Gasteiger partial charge in [0.05, 0.1) is 0 Å². The molecule has 9 heteroatoms. The molecule has 1 amide bonds. The second-order valence-electron chi connectivity index (χ2n) is 5.65. The molecule has 0 radical (unpaired) electrons. The fraction of sp³-hybridized carbons (Fsp3) is 0.0556. The average molecular weight is 364 g/mol. The first-order valence-corrected chi connectivity index (χ1v) is 8.13. The van der Waals surface area contributed by atoms with Gasteiger partial charge in [0.15, 0.2) is 0 Å². The van der Waals surface area contributed by atoms with Gasteiger partial charge in [0.1, 0.15) is 11.6 Å². The van der Waals surface area contributed by atoms with Gasteiger partial charge in [0, 0.05) is 30.1 Å². The van der Waals surface area contributed by atoms with E-state index in [2.05, 4.69) is 26.1 Å². The molecule has 0 saturated carbocycles. The largest absolute Gasteiger partial charge is 0.324 e. The quantitative estimate of drug-likeness (QED) is 0.331. The minimum Gasteiger partial charge on any atom is -0.324 e. The van der Waals surface area contributed by atoms with Crippen LogP contribution in [0.4, 0.5) is 29.0 Å². The van der Waals surface area contributed by atoms with E-state index in [1.807, 2.05) is 30.3 Å². The van der Waals surface area contributed by atoms with Gasteiger partial charge in [-0.2, -0.15) is 9.97 Å². The molecule has 3 rings (SSSR count). The predicted octanol–water partition coefficient (Wildman–Crippen LogP) is 2.07. The third-order valence-electron chi connectivity index (χ3n) is 3.86. The molecule has 1 aromatic heterocycles. The Morgan fingerprint density at radius 3 is 2.07 bits per heavy atom. The molecule has 0 spiro atoms. The Labute approximate surface area is 156 Å². The number of para-hydroxylation sites is 1.